The Labute approximate surface area is 120 Å². The van der Waals surface area contributed by atoms with Crippen molar-refractivity contribution in [3.8, 4) is 0 Å². The second kappa shape index (κ2) is 6.72. The molecule has 1 unspecified atom stereocenters. The molecule has 0 aromatic heterocycles. The van der Waals surface area contributed by atoms with Crippen molar-refractivity contribution in [2.24, 2.45) is 5.92 Å². The molecular formula is C14H25N3O3. The van der Waals surface area contributed by atoms with Crippen LogP contribution in [0, 0.1) is 5.92 Å². The Morgan fingerprint density at radius 1 is 1.30 bits per heavy atom. The predicted octanol–water partition coefficient (Wildman–Crippen LogP) is 1.26. The van der Waals surface area contributed by atoms with Gasteiger partial charge in [-0.1, -0.05) is 33.6 Å². The van der Waals surface area contributed by atoms with Crippen LogP contribution in [-0.2, 0) is 9.59 Å². The van der Waals surface area contributed by atoms with Gasteiger partial charge in [0.25, 0.3) is 5.91 Å². The lowest BCUT2D eigenvalue weighted by Gasteiger charge is -2.19. The summed E-state index contributed by atoms with van der Waals surface area (Å²) in [5.41, 5.74) is -0.882. The number of nitrogens with zero attached hydrogens (tertiary/aromatic N) is 1. The fourth-order valence-electron chi connectivity index (χ4n) is 2.17. The minimum absolute atomic E-state index is 0.208. The van der Waals surface area contributed by atoms with Crippen molar-refractivity contribution in [1.82, 2.24) is 15.5 Å². The van der Waals surface area contributed by atoms with Gasteiger partial charge in [-0.3, -0.25) is 14.5 Å². The van der Waals surface area contributed by atoms with Crippen LogP contribution in [0.15, 0.2) is 0 Å². The lowest BCUT2D eigenvalue weighted by atomic mass is 9.99. The van der Waals surface area contributed by atoms with Gasteiger partial charge >= 0.3 is 6.03 Å². The fraction of sp³-hybridized carbons (Fsp3) is 0.786. The average Bonchev–Trinajstić information content (AvgIpc) is 2.64. The molecule has 1 saturated heterocycles. The standard InChI is InChI=1S/C14H25N3O3/c1-5-10(6-2)8-15-11(18)9-17-12(19)14(4,7-3)16-13(17)20/h10H,5-9H2,1-4H3,(H,15,18)(H,16,20). The maximum absolute atomic E-state index is 12.1. The van der Waals surface area contributed by atoms with E-state index in [2.05, 4.69) is 24.5 Å². The van der Waals surface area contributed by atoms with E-state index < -0.39 is 11.6 Å². The molecule has 1 aliphatic rings. The molecule has 0 bridgehead atoms. The van der Waals surface area contributed by atoms with Gasteiger partial charge < -0.3 is 10.6 Å². The molecule has 0 spiro atoms. The summed E-state index contributed by atoms with van der Waals surface area (Å²) >= 11 is 0. The molecule has 1 atom stereocenters. The molecule has 6 heteroatoms. The van der Waals surface area contributed by atoms with Crippen molar-refractivity contribution in [2.45, 2.75) is 52.5 Å². The van der Waals surface area contributed by atoms with E-state index in [0.29, 0.717) is 18.9 Å². The van der Waals surface area contributed by atoms with Crippen LogP contribution in [0.3, 0.4) is 0 Å². The van der Waals surface area contributed by atoms with E-state index in [1.54, 1.807) is 6.92 Å². The van der Waals surface area contributed by atoms with Crippen molar-refractivity contribution >= 4 is 17.8 Å². The quantitative estimate of drug-likeness (QED) is 0.690. The molecule has 1 heterocycles. The van der Waals surface area contributed by atoms with Crippen molar-refractivity contribution in [3.05, 3.63) is 0 Å². The highest BCUT2D eigenvalue weighted by atomic mass is 16.2. The Hall–Kier alpha value is -1.59. The van der Waals surface area contributed by atoms with E-state index >= 15 is 0 Å². The molecule has 0 radical (unpaired) electrons. The topological polar surface area (TPSA) is 78.5 Å². The van der Waals surface area contributed by atoms with Gasteiger partial charge in [-0.25, -0.2) is 4.79 Å². The summed E-state index contributed by atoms with van der Waals surface area (Å²) in [4.78, 5) is 36.7. The van der Waals surface area contributed by atoms with Gasteiger partial charge in [-0.05, 0) is 19.3 Å². The van der Waals surface area contributed by atoms with Crippen molar-refractivity contribution in [2.75, 3.05) is 13.1 Å². The first-order valence-corrected chi connectivity index (χ1v) is 7.28. The Balaban J connectivity index is 2.54. The monoisotopic (exact) mass is 283 g/mol. The predicted molar refractivity (Wildman–Crippen MR) is 76.0 cm³/mol. The van der Waals surface area contributed by atoms with Gasteiger partial charge in [-0.15, -0.1) is 0 Å². The molecule has 0 saturated carbocycles. The molecule has 4 amide bonds. The Morgan fingerprint density at radius 3 is 2.35 bits per heavy atom. The number of amides is 4. The third kappa shape index (κ3) is 3.49. The summed E-state index contributed by atoms with van der Waals surface area (Å²) in [6, 6.07) is -0.489. The number of imide groups is 1. The largest absolute Gasteiger partial charge is 0.354 e. The van der Waals surface area contributed by atoms with Gasteiger partial charge in [-0.2, -0.15) is 0 Å². The molecule has 1 fully saturated rings. The maximum Gasteiger partial charge on any atom is 0.325 e. The zero-order valence-electron chi connectivity index (χ0n) is 12.8. The van der Waals surface area contributed by atoms with Crippen LogP contribution in [0.4, 0.5) is 4.79 Å². The summed E-state index contributed by atoms with van der Waals surface area (Å²) < 4.78 is 0. The minimum atomic E-state index is -0.882. The molecule has 0 aromatic rings. The maximum atomic E-state index is 12.1. The second-order valence-electron chi connectivity index (χ2n) is 5.49. The summed E-state index contributed by atoms with van der Waals surface area (Å²) in [7, 11) is 0. The number of urea groups is 1. The number of carbonyl (C=O) groups excluding carboxylic acids is 3. The lowest BCUT2D eigenvalue weighted by Crippen LogP contribution is -2.45. The van der Waals surface area contributed by atoms with Crippen LogP contribution in [-0.4, -0.2) is 41.4 Å². The minimum Gasteiger partial charge on any atom is -0.354 e. The van der Waals surface area contributed by atoms with Crippen LogP contribution in [0.1, 0.15) is 47.0 Å². The summed E-state index contributed by atoms with van der Waals surface area (Å²) in [5, 5.41) is 5.41. The Morgan fingerprint density at radius 2 is 1.90 bits per heavy atom. The Bertz CT molecular complexity index is 393. The second-order valence-corrected chi connectivity index (χ2v) is 5.49. The van der Waals surface area contributed by atoms with Gasteiger partial charge in [0.15, 0.2) is 0 Å². The molecule has 6 nitrogen and oxygen atoms in total. The van der Waals surface area contributed by atoms with Gasteiger partial charge in [0.1, 0.15) is 12.1 Å². The van der Waals surface area contributed by atoms with E-state index in [4.69, 9.17) is 0 Å². The number of carbonyl (C=O) groups is 3. The SMILES string of the molecule is CCC(CC)CNC(=O)CN1C(=O)NC(C)(CC)C1=O. The van der Waals surface area contributed by atoms with E-state index in [-0.39, 0.29) is 18.4 Å². The van der Waals surface area contributed by atoms with Crippen LogP contribution in [0.5, 0.6) is 0 Å². The molecule has 1 aliphatic heterocycles. The van der Waals surface area contributed by atoms with E-state index in [0.717, 1.165) is 17.7 Å². The van der Waals surface area contributed by atoms with Crippen LogP contribution >= 0.6 is 0 Å². The number of hydrogen-bond donors (Lipinski definition) is 2. The number of hydrogen-bond acceptors (Lipinski definition) is 3. The smallest absolute Gasteiger partial charge is 0.325 e. The highest BCUT2D eigenvalue weighted by molar-refractivity contribution is 6.08. The fourth-order valence-corrected chi connectivity index (χ4v) is 2.17. The molecule has 20 heavy (non-hydrogen) atoms. The first kappa shape index (κ1) is 16.5. The number of nitrogens with one attached hydrogen (secondary N) is 2. The van der Waals surface area contributed by atoms with Crippen LogP contribution in [0.2, 0.25) is 0 Å². The lowest BCUT2D eigenvalue weighted by molar-refractivity contribution is -0.134. The van der Waals surface area contributed by atoms with Crippen molar-refractivity contribution in [1.29, 1.82) is 0 Å². The highest BCUT2D eigenvalue weighted by Gasteiger charge is 2.46. The average molecular weight is 283 g/mol. The highest BCUT2D eigenvalue weighted by Crippen LogP contribution is 2.20. The zero-order valence-corrected chi connectivity index (χ0v) is 12.8. The summed E-state index contributed by atoms with van der Waals surface area (Å²) in [5.74, 6) is -0.189. The van der Waals surface area contributed by atoms with Gasteiger partial charge in [0.2, 0.25) is 5.91 Å². The van der Waals surface area contributed by atoms with Gasteiger partial charge in [0.05, 0.1) is 0 Å². The van der Waals surface area contributed by atoms with E-state index in [9.17, 15) is 14.4 Å². The molecule has 2 N–H and O–H groups in total. The van der Waals surface area contributed by atoms with E-state index in [1.165, 1.54) is 0 Å². The van der Waals surface area contributed by atoms with Crippen molar-refractivity contribution in [3.63, 3.8) is 0 Å². The van der Waals surface area contributed by atoms with Gasteiger partial charge in [0, 0.05) is 6.54 Å². The third-order valence-corrected chi connectivity index (χ3v) is 4.10. The van der Waals surface area contributed by atoms with E-state index in [1.807, 2.05) is 6.92 Å². The van der Waals surface area contributed by atoms with Crippen LogP contribution < -0.4 is 10.6 Å². The summed E-state index contributed by atoms with van der Waals surface area (Å²) in [6.45, 7) is 8.03. The molecular weight excluding hydrogens is 258 g/mol. The molecule has 1 rings (SSSR count). The Kier molecular flexibility index (Phi) is 5.53. The van der Waals surface area contributed by atoms with Crippen LogP contribution in [0.25, 0.3) is 0 Å². The van der Waals surface area contributed by atoms with Crippen molar-refractivity contribution < 1.29 is 14.4 Å². The first-order valence-electron chi connectivity index (χ1n) is 7.28. The third-order valence-electron chi connectivity index (χ3n) is 4.10. The molecule has 0 aromatic carbocycles. The number of rotatable bonds is 7. The first-order chi connectivity index (χ1) is 9.37. The zero-order chi connectivity index (χ0) is 15.3. The normalized spacial score (nSPS) is 22.4. The molecule has 114 valence electrons. The molecule has 0 aliphatic carbocycles. The summed E-state index contributed by atoms with van der Waals surface area (Å²) in [6.07, 6.45) is 2.49.